The van der Waals surface area contributed by atoms with Gasteiger partial charge in [0, 0.05) is 122 Å². The molecule has 16 N–H and O–H groups in total. The molecule has 5 aliphatic rings. The molecule has 12 aromatic rings. The van der Waals surface area contributed by atoms with Crippen LogP contribution in [0.1, 0.15) is 160 Å². The van der Waals surface area contributed by atoms with Gasteiger partial charge in [-0.25, -0.2) is 77.5 Å². The van der Waals surface area contributed by atoms with E-state index in [1.165, 1.54) is 48.5 Å². The van der Waals surface area contributed by atoms with Crippen molar-refractivity contribution in [1.82, 2.24) is 39.9 Å². The lowest BCUT2D eigenvalue weighted by Crippen LogP contribution is -2.08. The fraction of sp³-hybridized carbons (Fsp3) is 0.0256. The van der Waals surface area contributed by atoms with Crippen LogP contribution in [0.4, 0.5) is 0 Å². The Balaban J connectivity index is 1.00. The van der Waals surface area contributed by atoms with E-state index in [2.05, 4.69) is 19.9 Å². The number of allylic oxidation sites excluding steroid dienone is 4. The van der Waals surface area contributed by atoms with Gasteiger partial charge >= 0.3 is 71.6 Å². The third-order valence-corrected chi connectivity index (χ3v) is 20.1. The molecule has 16 bridgehead atoms. The molecule has 0 saturated carbocycles. The number of nitrogens with zero attached hydrogens (tertiary/aromatic N) is 4. The number of benzene rings is 6. The summed E-state index contributed by atoms with van der Waals surface area (Å²) in [7, 11) is 0. The van der Waals surface area contributed by atoms with Crippen molar-refractivity contribution in [3.63, 3.8) is 0 Å². The number of hydrogen-bond donors (Lipinski definition) is 16. The summed E-state index contributed by atoms with van der Waals surface area (Å²) >= 11 is 0. The molecule has 0 spiro atoms. The van der Waals surface area contributed by atoms with Crippen molar-refractivity contribution in [2.45, 2.75) is 12.8 Å². The number of aromatic nitrogens is 8. The molecule has 0 unspecified atom stereocenters. The van der Waals surface area contributed by atoms with Crippen molar-refractivity contribution in [3.8, 4) is 45.0 Å². The van der Waals surface area contributed by atoms with Gasteiger partial charge < -0.3 is 81.2 Å². The highest BCUT2D eigenvalue weighted by atomic mass is 16.4. The minimum atomic E-state index is -1.65. The van der Waals surface area contributed by atoms with Crippen molar-refractivity contribution >= 4 is 181 Å². The van der Waals surface area contributed by atoms with Crippen LogP contribution in [-0.2, 0) is 0 Å². The number of aromatic amines is 4. The van der Waals surface area contributed by atoms with E-state index in [-0.39, 0.29) is 168 Å². The van der Waals surface area contributed by atoms with Crippen LogP contribution in [0.2, 0.25) is 0 Å². The molecule has 17 rings (SSSR count). The summed E-state index contributed by atoms with van der Waals surface area (Å²) in [5, 5.41) is 127. The number of rotatable bonds is 12. The molecule has 536 valence electrons. The summed E-state index contributed by atoms with van der Waals surface area (Å²) in [6.45, 7) is 0. The highest BCUT2D eigenvalue weighted by molar-refractivity contribution is 6.22. The van der Waals surface area contributed by atoms with Crippen molar-refractivity contribution < 1.29 is 119 Å². The summed E-state index contributed by atoms with van der Waals surface area (Å²) in [6.07, 6.45) is -0.353. The Kier molecular flexibility index (Phi) is 14.4. The molecular formula is C78H40N8O24. The van der Waals surface area contributed by atoms with Crippen LogP contribution in [0.3, 0.4) is 0 Å². The zero-order chi connectivity index (χ0) is 77.5. The first-order chi connectivity index (χ1) is 52.4. The minimum Gasteiger partial charge on any atom is -0.478 e. The number of H-pyrrole nitrogens is 4. The van der Waals surface area contributed by atoms with Crippen molar-refractivity contribution in [1.29, 1.82) is 0 Å². The zero-order valence-corrected chi connectivity index (χ0v) is 55.0. The van der Waals surface area contributed by atoms with E-state index in [0.29, 0.717) is 22.3 Å². The molecule has 1 aliphatic carbocycles. The first kappa shape index (κ1) is 66.9. The molecule has 0 radical (unpaired) electrons. The number of fused-ring (bicyclic) bond motifs is 38. The van der Waals surface area contributed by atoms with Gasteiger partial charge in [-0.1, -0.05) is 0 Å². The predicted octanol–water partition coefficient (Wildman–Crippen LogP) is 12.9. The Morgan fingerprint density at radius 3 is 0.464 bits per heavy atom. The van der Waals surface area contributed by atoms with Crippen LogP contribution < -0.4 is 0 Å². The first-order valence-electron chi connectivity index (χ1n) is 32.4. The fourth-order valence-corrected chi connectivity index (χ4v) is 15.2. The molecule has 110 heavy (non-hydrogen) atoms. The maximum atomic E-state index is 13.1. The maximum absolute atomic E-state index is 13.1. The third kappa shape index (κ3) is 10.2. The molecule has 0 amide bonds. The second kappa shape index (κ2) is 23.6. The van der Waals surface area contributed by atoms with Gasteiger partial charge in [0.2, 0.25) is 0 Å². The van der Waals surface area contributed by atoms with Crippen LogP contribution in [0.15, 0.2) is 121 Å². The minimum absolute atomic E-state index is 0.0198. The molecule has 32 heteroatoms. The lowest BCUT2D eigenvalue weighted by atomic mass is 9.83. The number of hydrogen-bond acceptors (Lipinski definition) is 16. The van der Waals surface area contributed by atoms with Gasteiger partial charge in [-0.2, -0.15) is 0 Å². The van der Waals surface area contributed by atoms with Gasteiger partial charge in [0.05, 0.1) is 112 Å². The number of carbonyl (C=O) groups is 12. The number of nitrogens with one attached hydrogen (secondary N) is 4. The van der Waals surface area contributed by atoms with Gasteiger partial charge in [0.25, 0.3) is 0 Å². The van der Waals surface area contributed by atoms with Crippen LogP contribution in [0.5, 0.6) is 0 Å². The third-order valence-electron chi connectivity index (χ3n) is 20.1. The molecule has 10 heterocycles. The van der Waals surface area contributed by atoms with E-state index < -0.39 is 138 Å². The van der Waals surface area contributed by atoms with Gasteiger partial charge in [0.15, 0.2) is 0 Å². The summed E-state index contributed by atoms with van der Waals surface area (Å²) in [5.74, 6) is -19.8. The Morgan fingerprint density at radius 1 is 0.191 bits per heavy atom. The molecule has 0 atom stereocenters. The maximum Gasteiger partial charge on any atom is 0.336 e. The molecular weight excluding hydrogens is 1430 g/mol. The van der Waals surface area contributed by atoms with E-state index in [1.807, 2.05) is 0 Å². The normalized spacial score (nSPS) is 12.7. The summed E-state index contributed by atoms with van der Waals surface area (Å²) in [4.78, 5) is 189. The Morgan fingerprint density at radius 2 is 0.318 bits per heavy atom. The van der Waals surface area contributed by atoms with E-state index in [0.717, 1.165) is 72.8 Å². The lowest BCUT2D eigenvalue weighted by Gasteiger charge is -2.18. The van der Waals surface area contributed by atoms with Crippen LogP contribution >= 0.6 is 0 Å². The average molecular weight is 1470 g/mol. The molecule has 6 aromatic carbocycles. The Bertz CT molecular complexity index is 6310. The first-order valence-corrected chi connectivity index (χ1v) is 32.4. The quantitative estimate of drug-likeness (QED) is 0.0540. The van der Waals surface area contributed by atoms with Gasteiger partial charge in [-0.3, -0.25) is 0 Å². The number of aromatic carboxylic acids is 12. The highest BCUT2D eigenvalue weighted by Gasteiger charge is 2.36. The molecule has 4 aliphatic heterocycles. The fourth-order valence-electron chi connectivity index (χ4n) is 15.2. The Hall–Kier alpha value is -16.3. The summed E-state index contributed by atoms with van der Waals surface area (Å²) < 4.78 is 0. The highest BCUT2D eigenvalue weighted by Crippen LogP contribution is 2.52. The largest absolute Gasteiger partial charge is 0.478 e. The molecule has 32 nitrogen and oxygen atoms in total. The van der Waals surface area contributed by atoms with Crippen LogP contribution in [0.25, 0.3) is 155 Å². The number of carboxylic acids is 12. The second-order valence-corrected chi connectivity index (χ2v) is 26.1. The smallest absolute Gasteiger partial charge is 0.336 e. The Labute approximate surface area is 606 Å². The predicted molar refractivity (Wildman–Crippen MR) is 387 cm³/mol. The molecule has 6 aromatic heterocycles. The topological polar surface area (TPSA) is 562 Å². The van der Waals surface area contributed by atoms with Crippen molar-refractivity contribution in [2.24, 2.45) is 0 Å². The molecule has 0 saturated heterocycles. The zero-order valence-electron chi connectivity index (χ0n) is 55.0. The van der Waals surface area contributed by atoms with E-state index in [1.54, 1.807) is 0 Å². The van der Waals surface area contributed by atoms with E-state index in [4.69, 9.17) is 19.9 Å². The van der Waals surface area contributed by atoms with E-state index in [9.17, 15) is 119 Å². The standard InChI is InChI=1S/C78H40N8O24/c87-67(88)39-3-27-31(7-43(39)71(95)96)59-19-63-35-11-47(75(103)104)49(77(107)108)13-37(35)65(85-63)21-61-33-9-45(73(99)100)41(69(91)92)5-29(33)57(83-61)17-53-25-2-26-24(1-23(25)51(79-53)15-55(27)81-59)52-16-56-28-4-40(68(89)90)44(72(97)98)8-32(28)60(82-56)20-64-36-12-48(76(105)106)50(78(109)110)14-38(36)66(86-64)22-62-34-10-46(74(101)102)42(70(93)94)6-30(34)58(84-62)18-54(26)80-52/h3-22,81-84H,1-2H2,(H,87,88)(H,89,90)(H,91,92)(H,93,94)(H,95,96)(H,97,98)(H,99,100)(H,101,102)(H,103,104)(H,105,106)(H,107,108)(H,109,110). The van der Waals surface area contributed by atoms with E-state index >= 15 is 0 Å². The second-order valence-electron chi connectivity index (χ2n) is 26.1. The lowest BCUT2D eigenvalue weighted by molar-refractivity contribution is 0.0651. The van der Waals surface area contributed by atoms with Gasteiger partial charge in [0.1, 0.15) is 0 Å². The monoisotopic (exact) mass is 1470 g/mol. The van der Waals surface area contributed by atoms with Crippen molar-refractivity contribution in [3.05, 3.63) is 211 Å². The van der Waals surface area contributed by atoms with Crippen molar-refractivity contribution in [2.75, 3.05) is 0 Å². The SMILES string of the molecule is O=C(O)c1cc2c(cc1C(=O)O)-c1cc3[nH]c(cc4nc(cc5[nH]c(cc-2n1)c1cc(C(=O)O)c(C(=O)O)cc51)C1=C4CC2=C(C1)c1cc4[nH]c(cc5nc(cc6[nH]c(cc2n1)c1cc(C(=O)O)c(C(=O)O)cc61)-c1cc(C(=O)O)c(C(=O)O)cc1-5)c1cc(C(=O)O)c(C(=O)O)cc41)c1cc(C(=O)O)c(C(=O)O)cc31. The van der Waals surface area contributed by atoms with Crippen LogP contribution in [-0.4, -0.2) is 173 Å². The van der Waals surface area contributed by atoms with Crippen LogP contribution in [0, 0.1) is 0 Å². The number of carboxylic acid groups (broad SMARTS) is 12. The van der Waals surface area contributed by atoms with Gasteiger partial charge in [-0.05, 0) is 144 Å². The average Bonchev–Trinajstić information content (AvgIpc) is 1.58. The van der Waals surface area contributed by atoms with Gasteiger partial charge in [-0.15, -0.1) is 0 Å². The molecule has 0 fully saturated rings. The summed E-state index contributed by atoms with van der Waals surface area (Å²) in [5.41, 5.74) is -5.66. The summed E-state index contributed by atoms with van der Waals surface area (Å²) in [6, 6.07) is 24.6.